The van der Waals surface area contributed by atoms with Crippen molar-refractivity contribution in [2.45, 2.75) is 43.9 Å². The summed E-state index contributed by atoms with van der Waals surface area (Å²) < 4.78 is 11.6. The minimum atomic E-state index is 0.0451. The largest absolute Gasteiger partial charge is 0.484 e. The summed E-state index contributed by atoms with van der Waals surface area (Å²) in [5.74, 6) is 1.36. The third-order valence-electron chi connectivity index (χ3n) is 5.08. The van der Waals surface area contributed by atoms with Crippen molar-refractivity contribution in [3.63, 3.8) is 0 Å². The SMILES string of the molecule is O=C(COc1ccc(Cl)cc1)N1C2CCC1CC(Oc1ccccn1)C2. The number of piperidine rings is 1. The number of nitrogens with zero attached hydrogens (tertiary/aromatic N) is 2. The molecule has 0 spiro atoms. The Bertz CT molecular complexity index is 739. The zero-order chi connectivity index (χ0) is 17.9. The van der Waals surface area contributed by atoms with Gasteiger partial charge in [-0.3, -0.25) is 4.79 Å². The Morgan fingerprint density at radius 1 is 1.12 bits per heavy atom. The fourth-order valence-electron chi connectivity index (χ4n) is 3.97. The van der Waals surface area contributed by atoms with Gasteiger partial charge in [0.05, 0.1) is 0 Å². The summed E-state index contributed by atoms with van der Waals surface area (Å²) in [6.45, 7) is 0.0559. The molecule has 1 amide bonds. The second-order valence-corrected chi connectivity index (χ2v) is 7.24. The fourth-order valence-corrected chi connectivity index (χ4v) is 4.09. The van der Waals surface area contributed by atoms with Gasteiger partial charge in [0, 0.05) is 42.2 Å². The molecule has 5 nitrogen and oxygen atoms in total. The van der Waals surface area contributed by atoms with Crippen LogP contribution in [0.25, 0.3) is 0 Å². The molecule has 26 heavy (non-hydrogen) atoms. The Balaban J connectivity index is 1.34. The summed E-state index contributed by atoms with van der Waals surface area (Å²) >= 11 is 5.87. The van der Waals surface area contributed by atoms with Crippen molar-refractivity contribution in [1.82, 2.24) is 9.88 Å². The van der Waals surface area contributed by atoms with Crippen LogP contribution in [0.15, 0.2) is 48.7 Å². The lowest BCUT2D eigenvalue weighted by Gasteiger charge is -2.38. The number of pyridine rings is 1. The van der Waals surface area contributed by atoms with Crippen LogP contribution in [0, 0.1) is 0 Å². The summed E-state index contributed by atoms with van der Waals surface area (Å²) in [6.07, 6.45) is 5.60. The standard InChI is InChI=1S/C20H21ClN2O3/c21-14-4-8-17(9-5-14)25-13-20(24)23-15-6-7-16(23)12-18(11-15)26-19-3-1-2-10-22-19/h1-5,8-10,15-16,18H,6-7,11-13H2. The van der Waals surface area contributed by atoms with Crippen molar-refractivity contribution in [1.29, 1.82) is 0 Å². The van der Waals surface area contributed by atoms with Crippen LogP contribution >= 0.6 is 11.6 Å². The maximum absolute atomic E-state index is 12.7. The van der Waals surface area contributed by atoms with E-state index in [0.29, 0.717) is 16.7 Å². The predicted molar refractivity (Wildman–Crippen MR) is 98.5 cm³/mol. The van der Waals surface area contributed by atoms with E-state index in [0.717, 1.165) is 25.7 Å². The van der Waals surface area contributed by atoms with Gasteiger partial charge in [0.15, 0.2) is 6.61 Å². The number of aromatic nitrogens is 1. The van der Waals surface area contributed by atoms with Gasteiger partial charge in [-0.1, -0.05) is 17.7 Å². The number of hydrogen-bond donors (Lipinski definition) is 0. The normalized spacial score (nSPS) is 24.3. The smallest absolute Gasteiger partial charge is 0.261 e. The van der Waals surface area contributed by atoms with Gasteiger partial charge in [-0.25, -0.2) is 4.98 Å². The first-order chi connectivity index (χ1) is 12.7. The van der Waals surface area contributed by atoms with Crippen LogP contribution in [0.4, 0.5) is 0 Å². The van der Waals surface area contributed by atoms with Gasteiger partial charge >= 0.3 is 0 Å². The molecular weight excluding hydrogens is 352 g/mol. The third kappa shape index (κ3) is 3.78. The first-order valence-electron chi connectivity index (χ1n) is 8.96. The minimum absolute atomic E-state index is 0.0451. The zero-order valence-corrected chi connectivity index (χ0v) is 15.1. The lowest BCUT2D eigenvalue weighted by Crippen LogP contribution is -2.50. The van der Waals surface area contributed by atoms with Crippen molar-refractivity contribution in [2.24, 2.45) is 0 Å². The van der Waals surface area contributed by atoms with Crippen LogP contribution in [0.3, 0.4) is 0 Å². The molecule has 1 aromatic carbocycles. The number of rotatable bonds is 5. The van der Waals surface area contributed by atoms with Crippen LogP contribution in [0.1, 0.15) is 25.7 Å². The number of benzene rings is 1. The maximum atomic E-state index is 12.7. The molecule has 2 aliphatic rings. The number of halogens is 1. The molecule has 0 radical (unpaired) electrons. The molecule has 0 N–H and O–H groups in total. The molecule has 2 atom stereocenters. The highest BCUT2D eigenvalue weighted by molar-refractivity contribution is 6.30. The molecule has 2 aliphatic heterocycles. The first-order valence-corrected chi connectivity index (χ1v) is 9.34. The Hall–Kier alpha value is -2.27. The topological polar surface area (TPSA) is 51.7 Å². The summed E-state index contributed by atoms with van der Waals surface area (Å²) in [5, 5.41) is 0.650. The number of hydrogen-bond acceptors (Lipinski definition) is 4. The van der Waals surface area contributed by atoms with Crippen LogP contribution in [0.2, 0.25) is 5.02 Å². The summed E-state index contributed by atoms with van der Waals surface area (Å²) in [6, 6.07) is 13.2. The quantitative estimate of drug-likeness (QED) is 0.802. The van der Waals surface area contributed by atoms with E-state index in [1.54, 1.807) is 30.5 Å². The first kappa shape index (κ1) is 17.2. The molecule has 2 aromatic rings. The van der Waals surface area contributed by atoms with Crippen molar-refractivity contribution in [3.05, 3.63) is 53.7 Å². The summed E-state index contributed by atoms with van der Waals surface area (Å²) in [4.78, 5) is 18.9. The molecule has 1 aromatic heterocycles. The lowest BCUT2D eigenvalue weighted by molar-refractivity contribution is -0.139. The van der Waals surface area contributed by atoms with Gasteiger partial charge in [0.1, 0.15) is 11.9 Å². The highest BCUT2D eigenvalue weighted by atomic mass is 35.5. The highest BCUT2D eigenvalue weighted by Crippen LogP contribution is 2.37. The third-order valence-corrected chi connectivity index (χ3v) is 5.33. The Morgan fingerprint density at radius 2 is 1.85 bits per heavy atom. The van der Waals surface area contributed by atoms with Gasteiger partial charge < -0.3 is 14.4 Å². The summed E-state index contributed by atoms with van der Waals surface area (Å²) in [7, 11) is 0. The average Bonchev–Trinajstić information content (AvgIpc) is 2.93. The molecule has 0 aliphatic carbocycles. The lowest BCUT2D eigenvalue weighted by atomic mass is 9.99. The van der Waals surface area contributed by atoms with Crippen LogP contribution in [-0.2, 0) is 4.79 Å². The number of ether oxygens (including phenoxy) is 2. The highest BCUT2D eigenvalue weighted by Gasteiger charge is 2.44. The van der Waals surface area contributed by atoms with E-state index in [1.807, 2.05) is 23.1 Å². The van der Waals surface area contributed by atoms with E-state index in [-0.39, 0.29) is 30.7 Å². The van der Waals surface area contributed by atoms with Crippen LogP contribution in [0.5, 0.6) is 11.6 Å². The predicted octanol–water partition coefficient (Wildman–Crippen LogP) is 3.71. The Labute approximate surface area is 157 Å². The van der Waals surface area contributed by atoms with Crippen molar-refractivity contribution >= 4 is 17.5 Å². The molecule has 136 valence electrons. The Kier molecular flexibility index (Phi) is 4.98. The molecule has 2 unspecified atom stereocenters. The molecule has 4 rings (SSSR count). The van der Waals surface area contributed by atoms with Crippen LogP contribution in [-0.4, -0.2) is 40.6 Å². The molecule has 0 saturated carbocycles. The van der Waals surface area contributed by atoms with Gasteiger partial charge in [-0.05, 0) is 43.2 Å². The van der Waals surface area contributed by atoms with Crippen molar-refractivity contribution in [2.75, 3.05) is 6.61 Å². The Morgan fingerprint density at radius 3 is 2.50 bits per heavy atom. The average molecular weight is 373 g/mol. The van der Waals surface area contributed by atoms with Gasteiger partial charge in [-0.15, -0.1) is 0 Å². The zero-order valence-electron chi connectivity index (χ0n) is 14.4. The van der Waals surface area contributed by atoms with Gasteiger partial charge in [0.2, 0.25) is 5.88 Å². The monoisotopic (exact) mass is 372 g/mol. The molecule has 2 bridgehead atoms. The van der Waals surface area contributed by atoms with Crippen LogP contribution < -0.4 is 9.47 Å². The van der Waals surface area contributed by atoms with E-state index in [1.165, 1.54) is 0 Å². The van der Waals surface area contributed by atoms with Crippen molar-refractivity contribution < 1.29 is 14.3 Å². The van der Waals surface area contributed by atoms with E-state index in [4.69, 9.17) is 21.1 Å². The summed E-state index contributed by atoms with van der Waals surface area (Å²) in [5.41, 5.74) is 0. The number of carbonyl (C=O) groups is 1. The number of amides is 1. The van der Waals surface area contributed by atoms with E-state index in [9.17, 15) is 4.79 Å². The molecule has 2 fully saturated rings. The van der Waals surface area contributed by atoms with Gasteiger partial charge in [0.25, 0.3) is 5.91 Å². The van der Waals surface area contributed by atoms with Gasteiger partial charge in [-0.2, -0.15) is 0 Å². The number of fused-ring (bicyclic) bond motifs is 2. The second-order valence-electron chi connectivity index (χ2n) is 6.81. The van der Waals surface area contributed by atoms with Crippen molar-refractivity contribution in [3.8, 4) is 11.6 Å². The minimum Gasteiger partial charge on any atom is -0.484 e. The second kappa shape index (κ2) is 7.54. The van der Waals surface area contributed by atoms with E-state index >= 15 is 0 Å². The molecule has 6 heteroatoms. The maximum Gasteiger partial charge on any atom is 0.261 e. The molecule has 3 heterocycles. The fraction of sp³-hybridized carbons (Fsp3) is 0.400. The number of carbonyl (C=O) groups excluding carboxylic acids is 1. The molecule has 2 saturated heterocycles. The van der Waals surface area contributed by atoms with E-state index in [2.05, 4.69) is 4.98 Å². The van der Waals surface area contributed by atoms with E-state index < -0.39 is 0 Å². The molecular formula is C20H21ClN2O3.